The molecule has 2 aliphatic heterocycles. The highest BCUT2D eigenvalue weighted by atomic mass is 32.2. The Hall–Kier alpha value is -4.11. The predicted octanol–water partition coefficient (Wildman–Crippen LogP) is 3.95. The number of ether oxygens (including phenoxy) is 2. The fraction of sp³-hybridized carbons (Fsp3) is 0.433. The standard InChI is InChI=1S/C30H30F3N7O3S/c1-35-27(41)19-8-9-24(42-2)22(13-19)36-11-4-5-21-26(44-30(31,32)33)23-6-3-7-25(40(23)38-21)37-29-10-12-39(15-20(29)14-29)28(16-34)17-43-18-28/h3,6-9,13,20,36-37H,10-12,14-15,17-18H2,1-2H3,(H,35,41). The lowest BCUT2D eigenvalue weighted by molar-refractivity contribution is -0.114. The number of benzene rings is 1. The summed E-state index contributed by atoms with van der Waals surface area (Å²) in [5.41, 5.74) is -4.05. The van der Waals surface area contributed by atoms with E-state index in [1.165, 1.54) is 18.7 Å². The molecule has 10 nitrogen and oxygen atoms in total. The molecule has 0 spiro atoms. The number of pyridine rings is 1. The second-order valence-electron chi connectivity index (χ2n) is 11.1. The quantitative estimate of drug-likeness (QED) is 0.253. The zero-order chi connectivity index (χ0) is 31.1. The summed E-state index contributed by atoms with van der Waals surface area (Å²) in [5, 5.41) is 23.4. The molecular weight excluding hydrogens is 595 g/mol. The highest BCUT2D eigenvalue weighted by Crippen LogP contribution is 2.53. The molecule has 1 amide bonds. The van der Waals surface area contributed by atoms with Crippen molar-refractivity contribution in [3.63, 3.8) is 0 Å². The molecule has 3 fully saturated rings. The number of methoxy groups -OCH3 is 1. The van der Waals surface area contributed by atoms with Crippen molar-refractivity contribution in [2.45, 2.75) is 34.3 Å². The second kappa shape index (κ2) is 11.4. The van der Waals surface area contributed by atoms with Crippen LogP contribution in [0.15, 0.2) is 41.3 Å². The number of rotatable bonds is 8. The van der Waals surface area contributed by atoms with Crippen molar-refractivity contribution in [1.29, 1.82) is 5.26 Å². The molecule has 0 bridgehead atoms. The number of nitrogens with one attached hydrogen (secondary N) is 3. The number of hydrogen-bond donors (Lipinski definition) is 3. The monoisotopic (exact) mass is 625 g/mol. The summed E-state index contributed by atoms with van der Waals surface area (Å²) >= 11 is -0.237. The highest BCUT2D eigenvalue weighted by molar-refractivity contribution is 8.00. The number of piperidine rings is 1. The summed E-state index contributed by atoms with van der Waals surface area (Å²) in [5.74, 6) is 6.79. The van der Waals surface area contributed by atoms with Gasteiger partial charge in [-0.1, -0.05) is 12.0 Å². The van der Waals surface area contributed by atoms with Gasteiger partial charge in [-0.05, 0) is 66.8 Å². The van der Waals surface area contributed by atoms with Gasteiger partial charge in [-0.15, -0.1) is 0 Å². The molecular formula is C30H30F3N7O3S. The van der Waals surface area contributed by atoms with Crippen molar-refractivity contribution >= 4 is 34.7 Å². The number of amides is 1. The number of hydrogen-bond acceptors (Lipinski definition) is 9. The number of carbonyl (C=O) groups excluding carboxylic acids is 1. The van der Waals surface area contributed by atoms with Gasteiger partial charge in [0.15, 0.2) is 5.54 Å². The molecule has 1 aliphatic carbocycles. The number of nitrogens with zero attached hydrogens (tertiary/aromatic N) is 4. The number of alkyl halides is 3. The van der Waals surface area contributed by atoms with Crippen LogP contribution in [-0.2, 0) is 4.74 Å². The number of carbonyl (C=O) groups is 1. The Balaban J connectivity index is 1.23. The minimum atomic E-state index is -4.54. The molecule has 6 rings (SSSR count). The Labute approximate surface area is 256 Å². The maximum atomic E-state index is 13.7. The molecule has 4 heterocycles. The topological polar surface area (TPSA) is 116 Å². The maximum absolute atomic E-state index is 13.7. The van der Waals surface area contributed by atoms with Crippen molar-refractivity contribution in [1.82, 2.24) is 19.8 Å². The summed E-state index contributed by atoms with van der Waals surface area (Å²) in [6.07, 6.45) is 1.70. The molecule has 3 aliphatic rings. The first kappa shape index (κ1) is 29.9. The lowest BCUT2D eigenvalue weighted by atomic mass is 9.92. The van der Waals surface area contributed by atoms with Crippen LogP contribution < -0.4 is 20.7 Å². The first-order valence-corrected chi connectivity index (χ1v) is 14.8. The van der Waals surface area contributed by atoms with E-state index in [1.54, 1.807) is 36.4 Å². The van der Waals surface area contributed by atoms with Crippen molar-refractivity contribution in [3.05, 3.63) is 47.7 Å². The molecule has 14 heteroatoms. The number of halogens is 3. The Bertz CT molecular complexity index is 1710. The minimum Gasteiger partial charge on any atom is -0.495 e. The number of fused-ring (bicyclic) bond motifs is 2. The molecule has 2 unspecified atom stereocenters. The minimum absolute atomic E-state index is 0.00932. The smallest absolute Gasteiger partial charge is 0.446 e. The third-order valence-corrected chi connectivity index (χ3v) is 9.30. The van der Waals surface area contributed by atoms with Crippen LogP contribution in [0.5, 0.6) is 5.75 Å². The van der Waals surface area contributed by atoms with Gasteiger partial charge in [0.2, 0.25) is 0 Å². The number of likely N-dealkylation sites (tertiary alicyclic amines) is 1. The van der Waals surface area contributed by atoms with Gasteiger partial charge in [0.25, 0.3) is 5.91 Å². The lowest BCUT2D eigenvalue weighted by Crippen LogP contribution is -2.63. The van der Waals surface area contributed by atoms with Crippen molar-refractivity contribution in [2.75, 3.05) is 57.6 Å². The number of aromatic nitrogens is 2. The molecule has 44 heavy (non-hydrogen) atoms. The van der Waals surface area contributed by atoms with E-state index in [0.29, 0.717) is 47.5 Å². The van der Waals surface area contributed by atoms with Crippen molar-refractivity contribution in [2.24, 2.45) is 5.92 Å². The average molecular weight is 626 g/mol. The number of anilines is 2. The van der Waals surface area contributed by atoms with Gasteiger partial charge < -0.3 is 25.4 Å². The summed E-state index contributed by atoms with van der Waals surface area (Å²) in [6.45, 7) is 2.38. The van der Waals surface area contributed by atoms with Crippen LogP contribution in [0, 0.1) is 29.1 Å². The molecule has 1 aromatic carbocycles. The highest BCUT2D eigenvalue weighted by Gasteiger charge is 2.60. The molecule has 3 aromatic rings. The molecule has 230 valence electrons. The van der Waals surface area contributed by atoms with Crippen LogP contribution in [0.2, 0.25) is 0 Å². The van der Waals surface area contributed by atoms with Crippen LogP contribution in [-0.4, -0.2) is 84.0 Å². The van der Waals surface area contributed by atoms with E-state index in [0.717, 1.165) is 25.9 Å². The lowest BCUT2D eigenvalue weighted by Gasteiger charge is -2.47. The largest absolute Gasteiger partial charge is 0.495 e. The second-order valence-corrected chi connectivity index (χ2v) is 12.2. The van der Waals surface area contributed by atoms with E-state index >= 15 is 0 Å². The Morgan fingerprint density at radius 1 is 1.30 bits per heavy atom. The molecule has 3 N–H and O–H groups in total. The first-order chi connectivity index (χ1) is 21.1. The van der Waals surface area contributed by atoms with Crippen LogP contribution in [0.3, 0.4) is 0 Å². The zero-order valence-electron chi connectivity index (χ0n) is 24.0. The van der Waals surface area contributed by atoms with Gasteiger partial charge in [0.05, 0.1) is 49.0 Å². The molecule has 0 radical (unpaired) electrons. The van der Waals surface area contributed by atoms with E-state index in [4.69, 9.17) is 9.47 Å². The summed E-state index contributed by atoms with van der Waals surface area (Å²) in [7, 11) is 3.02. The summed E-state index contributed by atoms with van der Waals surface area (Å²) < 4.78 is 53.1. The fourth-order valence-corrected chi connectivity index (χ4v) is 6.61. The molecule has 2 aromatic heterocycles. The average Bonchev–Trinajstić information content (AvgIpc) is 3.59. The van der Waals surface area contributed by atoms with E-state index in [1.807, 2.05) is 0 Å². The maximum Gasteiger partial charge on any atom is 0.446 e. The molecule has 2 atom stereocenters. The Kier molecular flexibility index (Phi) is 7.78. The molecule has 2 saturated heterocycles. The third kappa shape index (κ3) is 5.61. The third-order valence-electron chi connectivity index (χ3n) is 8.47. The number of nitriles is 1. The van der Waals surface area contributed by atoms with Crippen LogP contribution in [0.4, 0.5) is 24.7 Å². The molecule has 1 saturated carbocycles. The van der Waals surface area contributed by atoms with Crippen LogP contribution in [0.1, 0.15) is 28.9 Å². The predicted molar refractivity (Wildman–Crippen MR) is 159 cm³/mol. The summed E-state index contributed by atoms with van der Waals surface area (Å²) in [6, 6.07) is 12.4. The van der Waals surface area contributed by atoms with Gasteiger partial charge in [0.1, 0.15) is 17.3 Å². The fourth-order valence-electron chi connectivity index (χ4n) is 5.93. The van der Waals surface area contributed by atoms with Crippen molar-refractivity contribution < 1.29 is 27.4 Å². The summed E-state index contributed by atoms with van der Waals surface area (Å²) in [4.78, 5) is 14.2. The van der Waals surface area contributed by atoms with Gasteiger partial charge in [0, 0.05) is 31.2 Å². The zero-order valence-corrected chi connectivity index (χ0v) is 24.9. The van der Waals surface area contributed by atoms with E-state index < -0.39 is 11.0 Å². The normalized spacial score (nSPS) is 22.0. The van der Waals surface area contributed by atoms with Crippen LogP contribution >= 0.6 is 11.8 Å². The SMILES string of the molecule is CNC(=O)c1ccc(OC)c(NCC#Cc2nn3c(NC45CCN(C6(C#N)COC6)CC4C5)cccc3c2SC(F)(F)F)c1. The van der Waals surface area contributed by atoms with Gasteiger partial charge >= 0.3 is 5.51 Å². The number of thioether (sulfide) groups is 1. The first-order valence-electron chi connectivity index (χ1n) is 14.0. The van der Waals surface area contributed by atoms with Gasteiger partial charge in [-0.2, -0.15) is 23.5 Å². The van der Waals surface area contributed by atoms with E-state index in [9.17, 15) is 23.2 Å². The Morgan fingerprint density at radius 2 is 2.11 bits per heavy atom. The van der Waals surface area contributed by atoms with E-state index in [2.05, 4.69) is 43.9 Å². The van der Waals surface area contributed by atoms with Gasteiger partial charge in [-0.25, -0.2) is 4.52 Å². The van der Waals surface area contributed by atoms with E-state index in [-0.39, 0.29) is 40.3 Å². The van der Waals surface area contributed by atoms with Crippen LogP contribution in [0.25, 0.3) is 5.52 Å². The van der Waals surface area contributed by atoms with Crippen molar-refractivity contribution in [3.8, 4) is 23.7 Å². The Morgan fingerprint density at radius 3 is 2.77 bits per heavy atom. The van der Waals surface area contributed by atoms with Gasteiger partial charge in [-0.3, -0.25) is 9.69 Å².